The summed E-state index contributed by atoms with van der Waals surface area (Å²) in [4.78, 5) is 12.1. The van der Waals surface area contributed by atoms with Crippen molar-refractivity contribution in [3.05, 3.63) is 30.3 Å². The van der Waals surface area contributed by atoms with E-state index in [1.165, 1.54) is 5.01 Å². The molecule has 0 saturated heterocycles. The standard InChI is InChI=1S/C15H24N2O2/c1-5-6-12-17(14(18)19-15(2,3)4)16-13-10-8-7-9-11-13/h7-11,16H,5-6,12H2,1-4H3. The van der Waals surface area contributed by atoms with Crippen LogP contribution < -0.4 is 5.43 Å². The quantitative estimate of drug-likeness (QED) is 0.816. The van der Waals surface area contributed by atoms with Crippen LogP contribution >= 0.6 is 0 Å². The number of hydrogen-bond acceptors (Lipinski definition) is 3. The highest BCUT2D eigenvalue weighted by atomic mass is 16.6. The Balaban J connectivity index is 2.68. The van der Waals surface area contributed by atoms with Crippen LogP contribution in [0.5, 0.6) is 0 Å². The van der Waals surface area contributed by atoms with Crippen molar-refractivity contribution in [1.82, 2.24) is 5.01 Å². The number of benzene rings is 1. The van der Waals surface area contributed by atoms with Crippen LogP contribution in [0, 0.1) is 0 Å². The minimum absolute atomic E-state index is 0.343. The van der Waals surface area contributed by atoms with Crippen LogP contribution in [0.1, 0.15) is 40.5 Å². The van der Waals surface area contributed by atoms with Crippen molar-refractivity contribution in [3.63, 3.8) is 0 Å². The van der Waals surface area contributed by atoms with Crippen molar-refractivity contribution in [1.29, 1.82) is 0 Å². The maximum atomic E-state index is 12.1. The van der Waals surface area contributed by atoms with Gasteiger partial charge in [-0.3, -0.25) is 5.43 Å². The lowest BCUT2D eigenvalue weighted by atomic mass is 10.2. The number of nitrogens with zero attached hydrogens (tertiary/aromatic N) is 1. The highest BCUT2D eigenvalue weighted by Crippen LogP contribution is 2.13. The average Bonchev–Trinajstić information content (AvgIpc) is 2.33. The van der Waals surface area contributed by atoms with Crippen molar-refractivity contribution in [3.8, 4) is 0 Å². The van der Waals surface area contributed by atoms with Gasteiger partial charge < -0.3 is 4.74 Å². The number of rotatable bonds is 5. The number of para-hydroxylation sites is 1. The Hall–Kier alpha value is -1.71. The number of carbonyl (C=O) groups excluding carboxylic acids is 1. The van der Waals surface area contributed by atoms with E-state index in [0.717, 1.165) is 18.5 Å². The predicted molar refractivity (Wildman–Crippen MR) is 77.9 cm³/mol. The number of ether oxygens (including phenoxy) is 1. The molecule has 1 aromatic carbocycles. The molecule has 0 bridgehead atoms. The van der Waals surface area contributed by atoms with Gasteiger partial charge in [-0.05, 0) is 39.3 Å². The van der Waals surface area contributed by atoms with Gasteiger partial charge in [0, 0.05) is 6.54 Å². The van der Waals surface area contributed by atoms with Gasteiger partial charge in [-0.25, -0.2) is 9.80 Å². The van der Waals surface area contributed by atoms with E-state index >= 15 is 0 Å². The Morgan fingerprint density at radius 3 is 2.42 bits per heavy atom. The van der Waals surface area contributed by atoms with E-state index < -0.39 is 5.60 Å². The predicted octanol–water partition coefficient (Wildman–Crippen LogP) is 4.05. The lowest BCUT2D eigenvalue weighted by Crippen LogP contribution is -2.41. The van der Waals surface area contributed by atoms with Crippen molar-refractivity contribution >= 4 is 11.8 Å². The average molecular weight is 264 g/mol. The molecular weight excluding hydrogens is 240 g/mol. The third-order valence-corrected chi connectivity index (χ3v) is 2.39. The molecule has 0 aliphatic rings. The molecule has 1 amide bonds. The van der Waals surface area contributed by atoms with E-state index in [2.05, 4.69) is 12.3 Å². The van der Waals surface area contributed by atoms with E-state index in [9.17, 15) is 4.79 Å². The minimum Gasteiger partial charge on any atom is -0.442 e. The van der Waals surface area contributed by atoms with E-state index in [1.807, 2.05) is 51.1 Å². The van der Waals surface area contributed by atoms with Crippen molar-refractivity contribution in [2.75, 3.05) is 12.0 Å². The molecule has 4 nitrogen and oxygen atoms in total. The summed E-state index contributed by atoms with van der Waals surface area (Å²) in [6.07, 6.45) is 1.61. The lowest BCUT2D eigenvalue weighted by molar-refractivity contribution is 0.0295. The summed E-state index contributed by atoms with van der Waals surface area (Å²) in [5.41, 5.74) is 3.49. The second kappa shape index (κ2) is 7.02. The summed E-state index contributed by atoms with van der Waals surface area (Å²) in [7, 11) is 0. The van der Waals surface area contributed by atoms with Crippen molar-refractivity contribution < 1.29 is 9.53 Å². The summed E-state index contributed by atoms with van der Waals surface area (Å²) in [5.74, 6) is 0. The van der Waals surface area contributed by atoms with E-state index in [0.29, 0.717) is 6.54 Å². The first-order chi connectivity index (χ1) is 8.92. The molecule has 0 spiro atoms. The zero-order valence-electron chi connectivity index (χ0n) is 12.3. The van der Waals surface area contributed by atoms with Gasteiger partial charge in [-0.2, -0.15) is 0 Å². The molecule has 1 rings (SSSR count). The first-order valence-electron chi connectivity index (χ1n) is 6.74. The van der Waals surface area contributed by atoms with Gasteiger partial charge in [-0.15, -0.1) is 0 Å². The highest BCUT2D eigenvalue weighted by Gasteiger charge is 2.21. The number of anilines is 1. The summed E-state index contributed by atoms with van der Waals surface area (Å²) < 4.78 is 5.39. The van der Waals surface area contributed by atoms with Crippen LogP contribution in [0.3, 0.4) is 0 Å². The van der Waals surface area contributed by atoms with Gasteiger partial charge in [-0.1, -0.05) is 31.5 Å². The van der Waals surface area contributed by atoms with Gasteiger partial charge in [0.05, 0.1) is 5.69 Å². The Bertz CT molecular complexity index is 385. The SMILES string of the molecule is CCCCN(Nc1ccccc1)C(=O)OC(C)(C)C. The summed E-state index contributed by atoms with van der Waals surface area (Å²) >= 11 is 0. The van der Waals surface area contributed by atoms with Crippen LogP contribution in [-0.4, -0.2) is 23.2 Å². The molecule has 1 aromatic rings. The molecule has 4 heteroatoms. The van der Waals surface area contributed by atoms with E-state index in [-0.39, 0.29) is 6.09 Å². The smallest absolute Gasteiger partial charge is 0.429 e. The Morgan fingerprint density at radius 1 is 1.26 bits per heavy atom. The summed E-state index contributed by atoms with van der Waals surface area (Å²) in [5, 5.41) is 1.53. The Kier molecular flexibility index (Phi) is 5.67. The molecule has 0 atom stereocenters. The van der Waals surface area contributed by atoms with Gasteiger partial charge in [0.2, 0.25) is 0 Å². The fraction of sp³-hybridized carbons (Fsp3) is 0.533. The van der Waals surface area contributed by atoms with Crippen LogP contribution in [0.4, 0.5) is 10.5 Å². The molecule has 1 N–H and O–H groups in total. The molecule has 0 fully saturated rings. The first-order valence-corrected chi connectivity index (χ1v) is 6.74. The number of hydrazine groups is 1. The van der Waals surface area contributed by atoms with Gasteiger partial charge in [0.15, 0.2) is 0 Å². The highest BCUT2D eigenvalue weighted by molar-refractivity contribution is 5.70. The third-order valence-electron chi connectivity index (χ3n) is 2.39. The van der Waals surface area contributed by atoms with Crippen LogP contribution in [0.15, 0.2) is 30.3 Å². The summed E-state index contributed by atoms with van der Waals surface area (Å²) in [6.45, 7) is 8.32. The van der Waals surface area contributed by atoms with Gasteiger partial charge in [0.1, 0.15) is 5.60 Å². The maximum Gasteiger partial charge on any atom is 0.429 e. The molecule has 19 heavy (non-hydrogen) atoms. The lowest BCUT2D eigenvalue weighted by Gasteiger charge is -2.28. The second-order valence-electron chi connectivity index (χ2n) is 5.46. The van der Waals surface area contributed by atoms with E-state index in [1.54, 1.807) is 0 Å². The normalized spacial score (nSPS) is 10.9. The second-order valence-corrected chi connectivity index (χ2v) is 5.46. The van der Waals surface area contributed by atoms with Crippen LogP contribution in [-0.2, 0) is 4.74 Å². The fourth-order valence-electron chi connectivity index (χ4n) is 1.49. The Morgan fingerprint density at radius 2 is 1.89 bits per heavy atom. The first kappa shape index (κ1) is 15.3. The number of nitrogens with one attached hydrogen (secondary N) is 1. The Labute approximate surface area is 115 Å². The molecule has 106 valence electrons. The molecule has 0 radical (unpaired) electrons. The molecule has 0 aliphatic heterocycles. The van der Waals surface area contributed by atoms with Crippen LogP contribution in [0.2, 0.25) is 0 Å². The molecule has 0 saturated carbocycles. The molecule has 0 heterocycles. The van der Waals surface area contributed by atoms with Gasteiger partial charge in [0.25, 0.3) is 0 Å². The molecule has 0 aliphatic carbocycles. The number of carbonyl (C=O) groups is 1. The van der Waals surface area contributed by atoms with Crippen molar-refractivity contribution in [2.24, 2.45) is 0 Å². The molecule has 0 unspecified atom stereocenters. The van der Waals surface area contributed by atoms with Crippen LogP contribution in [0.25, 0.3) is 0 Å². The number of unbranched alkanes of at least 4 members (excludes halogenated alkanes) is 1. The maximum absolute atomic E-state index is 12.1. The number of amides is 1. The minimum atomic E-state index is -0.486. The monoisotopic (exact) mass is 264 g/mol. The fourth-order valence-corrected chi connectivity index (χ4v) is 1.49. The largest absolute Gasteiger partial charge is 0.442 e. The molecule has 0 aromatic heterocycles. The topological polar surface area (TPSA) is 41.6 Å². The van der Waals surface area contributed by atoms with E-state index in [4.69, 9.17) is 4.74 Å². The molecular formula is C15H24N2O2. The zero-order chi connectivity index (χ0) is 14.3. The zero-order valence-corrected chi connectivity index (χ0v) is 12.3. The van der Waals surface area contributed by atoms with Crippen molar-refractivity contribution in [2.45, 2.75) is 46.1 Å². The summed E-state index contributed by atoms with van der Waals surface area (Å²) in [6, 6.07) is 9.63. The van der Waals surface area contributed by atoms with Gasteiger partial charge >= 0.3 is 6.09 Å². The number of hydrogen-bond donors (Lipinski definition) is 1. The third kappa shape index (κ3) is 6.13.